The van der Waals surface area contributed by atoms with Crippen LogP contribution >= 0.6 is 0 Å². The molecule has 2 aliphatic heterocycles. The maximum Gasteiger partial charge on any atom is 0.243 e. The van der Waals surface area contributed by atoms with Gasteiger partial charge in [-0.2, -0.15) is 0 Å². The van der Waals surface area contributed by atoms with Gasteiger partial charge in [0.2, 0.25) is 11.8 Å². The molecular weight excluding hydrogens is 321 g/mol. The Labute approximate surface area is 148 Å². The lowest BCUT2D eigenvalue weighted by atomic mass is 10.0. The number of likely N-dealkylation sites (tertiary alicyclic amines) is 2. The summed E-state index contributed by atoms with van der Waals surface area (Å²) in [6.07, 6.45) is 3.34. The highest BCUT2D eigenvalue weighted by atomic mass is 19.1. The molecule has 0 saturated carbocycles. The molecule has 1 aromatic carbocycles. The summed E-state index contributed by atoms with van der Waals surface area (Å²) < 4.78 is 13.8. The first-order chi connectivity index (χ1) is 12.0. The summed E-state index contributed by atoms with van der Waals surface area (Å²) >= 11 is 0. The van der Waals surface area contributed by atoms with Gasteiger partial charge in [-0.15, -0.1) is 0 Å². The molecule has 1 atom stereocenters. The normalized spacial score (nSPS) is 22.2. The van der Waals surface area contributed by atoms with E-state index in [1.807, 2.05) is 12.1 Å². The van der Waals surface area contributed by atoms with Crippen LogP contribution in [0.3, 0.4) is 0 Å². The van der Waals surface area contributed by atoms with Crippen molar-refractivity contribution in [3.05, 3.63) is 35.6 Å². The van der Waals surface area contributed by atoms with Crippen molar-refractivity contribution >= 4 is 11.8 Å². The van der Waals surface area contributed by atoms with Crippen molar-refractivity contribution in [1.82, 2.24) is 15.1 Å². The Balaban J connectivity index is 1.47. The van der Waals surface area contributed by atoms with Gasteiger partial charge in [-0.05, 0) is 31.7 Å². The number of nitrogens with zero attached hydrogens (tertiary/aromatic N) is 2. The maximum absolute atomic E-state index is 13.8. The molecule has 6 heteroatoms. The van der Waals surface area contributed by atoms with Crippen molar-refractivity contribution in [1.29, 1.82) is 0 Å². The summed E-state index contributed by atoms with van der Waals surface area (Å²) in [5.41, 5.74) is 0.716. The second kappa shape index (κ2) is 7.95. The van der Waals surface area contributed by atoms with Crippen LogP contribution in [0.15, 0.2) is 24.3 Å². The molecule has 1 N–H and O–H groups in total. The first-order valence-corrected chi connectivity index (χ1v) is 9.08. The van der Waals surface area contributed by atoms with Gasteiger partial charge in [0.25, 0.3) is 0 Å². The van der Waals surface area contributed by atoms with E-state index in [1.165, 1.54) is 13.0 Å². The number of nitrogens with one attached hydrogen (secondary N) is 1. The van der Waals surface area contributed by atoms with Crippen LogP contribution in [-0.4, -0.2) is 53.3 Å². The second-order valence-corrected chi connectivity index (χ2v) is 7.02. The number of rotatable bonds is 4. The van der Waals surface area contributed by atoms with Crippen LogP contribution in [0.4, 0.5) is 4.39 Å². The minimum Gasteiger partial charge on any atom is -0.351 e. The molecule has 2 saturated heterocycles. The molecular formula is C19H26FN3O2. The van der Waals surface area contributed by atoms with Crippen molar-refractivity contribution in [2.45, 2.75) is 51.2 Å². The van der Waals surface area contributed by atoms with Gasteiger partial charge in [-0.1, -0.05) is 18.2 Å². The molecule has 3 rings (SSSR count). The topological polar surface area (TPSA) is 52.7 Å². The van der Waals surface area contributed by atoms with Crippen molar-refractivity contribution in [3.8, 4) is 0 Å². The summed E-state index contributed by atoms with van der Waals surface area (Å²) in [6, 6.07) is 6.69. The van der Waals surface area contributed by atoms with Gasteiger partial charge in [-0.3, -0.25) is 14.5 Å². The first-order valence-electron chi connectivity index (χ1n) is 9.08. The molecule has 25 heavy (non-hydrogen) atoms. The van der Waals surface area contributed by atoms with E-state index >= 15 is 0 Å². The van der Waals surface area contributed by atoms with Gasteiger partial charge in [-0.25, -0.2) is 4.39 Å². The number of halogens is 1. The zero-order valence-electron chi connectivity index (χ0n) is 14.7. The highest BCUT2D eigenvalue weighted by molar-refractivity contribution is 5.87. The Hall–Kier alpha value is -1.95. The summed E-state index contributed by atoms with van der Waals surface area (Å²) in [5, 5.41) is 3.11. The number of hydrogen-bond acceptors (Lipinski definition) is 3. The smallest absolute Gasteiger partial charge is 0.243 e. The molecule has 2 heterocycles. The molecule has 0 bridgehead atoms. The maximum atomic E-state index is 13.8. The van der Waals surface area contributed by atoms with E-state index in [0.29, 0.717) is 18.7 Å². The van der Waals surface area contributed by atoms with Crippen LogP contribution in [0.5, 0.6) is 0 Å². The van der Waals surface area contributed by atoms with Gasteiger partial charge < -0.3 is 10.2 Å². The van der Waals surface area contributed by atoms with Crippen LogP contribution in [0.1, 0.15) is 38.2 Å². The Morgan fingerprint density at radius 2 is 1.88 bits per heavy atom. The molecule has 2 aliphatic rings. The fourth-order valence-electron chi connectivity index (χ4n) is 3.82. The Morgan fingerprint density at radius 3 is 2.56 bits per heavy atom. The first kappa shape index (κ1) is 17.9. The predicted octanol–water partition coefficient (Wildman–Crippen LogP) is 1.92. The number of piperidine rings is 1. The highest BCUT2D eigenvalue weighted by Crippen LogP contribution is 2.19. The van der Waals surface area contributed by atoms with E-state index in [0.717, 1.165) is 38.8 Å². The van der Waals surface area contributed by atoms with Crippen LogP contribution in [0, 0.1) is 5.82 Å². The standard InChI is InChI=1S/C19H26FN3O2/c1-14(24)23-10-4-7-18(23)19(25)21-16-8-11-22(12-9-16)13-15-5-2-3-6-17(15)20/h2-3,5-6,16,18H,4,7-13H2,1H3,(H,21,25)/t18-/m0/s1. The van der Waals surface area contributed by atoms with E-state index in [4.69, 9.17) is 0 Å². The number of benzene rings is 1. The number of amides is 2. The summed E-state index contributed by atoms with van der Waals surface area (Å²) in [5.74, 6) is -0.221. The molecule has 0 spiro atoms. The molecule has 2 amide bonds. The third-order valence-electron chi connectivity index (χ3n) is 5.25. The SMILES string of the molecule is CC(=O)N1CCC[C@H]1C(=O)NC1CCN(Cc2ccccc2F)CC1. The van der Waals surface area contributed by atoms with Crippen molar-refractivity contribution < 1.29 is 14.0 Å². The van der Waals surface area contributed by atoms with Crippen LogP contribution in [0.2, 0.25) is 0 Å². The van der Waals surface area contributed by atoms with Crippen molar-refractivity contribution in [2.75, 3.05) is 19.6 Å². The quantitative estimate of drug-likeness (QED) is 0.905. The number of hydrogen-bond donors (Lipinski definition) is 1. The molecule has 5 nitrogen and oxygen atoms in total. The zero-order chi connectivity index (χ0) is 17.8. The van der Waals surface area contributed by atoms with E-state index < -0.39 is 0 Å². The monoisotopic (exact) mass is 347 g/mol. The third-order valence-corrected chi connectivity index (χ3v) is 5.25. The molecule has 0 radical (unpaired) electrons. The minimum atomic E-state index is -0.311. The minimum absolute atomic E-state index is 0.0275. The Morgan fingerprint density at radius 1 is 1.16 bits per heavy atom. The summed E-state index contributed by atoms with van der Waals surface area (Å²) in [7, 11) is 0. The summed E-state index contributed by atoms with van der Waals surface area (Å²) in [4.78, 5) is 28.0. The van der Waals surface area contributed by atoms with E-state index in [2.05, 4.69) is 10.2 Å². The fraction of sp³-hybridized carbons (Fsp3) is 0.579. The Bertz CT molecular complexity index is 629. The third kappa shape index (κ3) is 4.37. The average molecular weight is 347 g/mol. The number of carbonyl (C=O) groups excluding carboxylic acids is 2. The zero-order valence-corrected chi connectivity index (χ0v) is 14.7. The molecule has 0 aliphatic carbocycles. The average Bonchev–Trinajstić information content (AvgIpc) is 3.09. The van der Waals surface area contributed by atoms with Crippen LogP contribution in [0.25, 0.3) is 0 Å². The summed E-state index contributed by atoms with van der Waals surface area (Å²) in [6.45, 7) is 4.47. The number of carbonyl (C=O) groups is 2. The molecule has 1 aromatic rings. The van der Waals surface area contributed by atoms with Gasteiger partial charge in [0, 0.05) is 44.7 Å². The van der Waals surface area contributed by atoms with E-state index in [-0.39, 0.29) is 29.7 Å². The van der Waals surface area contributed by atoms with Gasteiger partial charge in [0.1, 0.15) is 11.9 Å². The fourth-order valence-corrected chi connectivity index (χ4v) is 3.82. The van der Waals surface area contributed by atoms with E-state index in [9.17, 15) is 14.0 Å². The molecule has 0 aromatic heterocycles. The van der Waals surface area contributed by atoms with Crippen LogP contribution in [-0.2, 0) is 16.1 Å². The lowest BCUT2D eigenvalue weighted by Gasteiger charge is -2.33. The van der Waals surface area contributed by atoms with Crippen molar-refractivity contribution in [3.63, 3.8) is 0 Å². The highest BCUT2D eigenvalue weighted by Gasteiger charge is 2.33. The largest absolute Gasteiger partial charge is 0.351 e. The second-order valence-electron chi connectivity index (χ2n) is 7.02. The lowest BCUT2D eigenvalue weighted by molar-refractivity contribution is -0.137. The van der Waals surface area contributed by atoms with E-state index in [1.54, 1.807) is 11.0 Å². The van der Waals surface area contributed by atoms with Gasteiger partial charge in [0.15, 0.2) is 0 Å². The lowest BCUT2D eigenvalue weighted by Crippen LogP contribution is -2.51. The predicted molar refractivity (Wildman–Crippen MR) is 93.3 cm³/mol. The van der Waals surface area contributed by atoms with Gasteiger partial charge in [0.05, 0.1) is 0 Å². The molecule has 0 unspecified atom stereocenters. The van der Waals surface area contributed by atoms with Crippen LogP contribution < -0.4 is 5.32 Å². The Kier molecular flexibility index (Phi) is 5.68. The van der Waals surface area contributed by atoms with Crippen molar-refractivity contribution in [2.24, 2.45) is 0 Å². The molecule has 136 valence electrons. The molecule has 2 fully saturated rings. The van der Waals surface area contributed by atoms with Gasteiger partial charge >= 0.3 is 0 Å².